The van der Waals surface area contributed by atoms with Gasteiger partial charge in [0.25, 0.3) is 0 Å². The first kappa shape index (κ1) is 17.7. The van der Waals surface area contributed by atoms with E-state index >= 15 is 0 Å². The third-order valence-electron chi connectivity index (χ3n) is 5.98. The zero-order chi connectivity index (χ0) is 20.0. The van der Waals surface area contributed by atoms with Crippen LogP contribution in [0.25, 0.3) is 0 Å². The average molecular weight is 386 g/mol. The van der Waals surface area contributed by atoms with E-state index in [1.807, 2.05) is 49.4 Å². The van der Waals surface area contributed by atoms with Crippen LogP contribution in [-0.4, -0.2) is 18.0 Å². The van der Waals surface area contributed by atoms with Gasteiger partial charge in [-0.1, -0.05) is 47.6 Å². The van der Waals surface area contributed by atoms with Crippen LogP contribution in [-0.2, 0) is 4.79 Å². The minimum atomic E-state index is -0.141. The number of Topliss-reactive ketones (excluding diaryl/α,β-unsaturated/α-hetero) is 1. The topological polar surface area (TPSA) is 64.4 Å². The van der Waals surface area contributed by atoms with E-state index in [1.165, 1.54) is 0 Å². The number of aromatic nitrogens is 1. The monoisotopic (exact) mass is 386 g/mol. The molecule has 2 atom stereocenters. The van der Waals surface area contributed by atoms with Crippen LogP contribution in [0.1, 0.15) is 47.1 Å². The highest BCUT2D eigenvalue weighted by atomic mass is 16.5. The van der Waals surface area contributed by atoms with Crippen molar-refractivity contribution in [2.24, 2.45) is 0 Å². The number of carbonyl (C=O) groups excluding carboxylic acids is 1. The van der Waals surface area contributed by atoms with Gasteiger partial charge in [0, 0.05) is 23.6 Å². The Kier molecular flexibility index (Phi) is 4.23. The highest BCUT2D eigenvalue weighted by Crippen LogP contribution is 2.48. The molecule has 5 nitrogen and oxygen atoms in total. The number of fused-ring (bicyclic) bond motifs is 1. The second-order valence-corrected chi connectivity index (χ2v) is 7.67. The number of aryl methyl sites for hydroxylation is 1. The number of hydrogen-bond donors (Lipinski definition) is 1. The van der Waals surface area contributed by atoms with Crippen molar-refractivity contribution >= 4 is 11.7 Å². The number of nitrogens with one attached hydrogen (secondary N) is 1. The standard InChI is InChI=1S/C24H22N2O3/c1-14-21-22(16-6-4-3-5-7-16)23-19(25-24(21)29-26-14)12-17(13-20(23)27)15-8-10-18(28-2)11-9-15/h3-11,17,22,25H,12-13H2,1-2H3/t17-,22-/m1/s1. The van der Waals surface area contributed by atoms with Crippen LogP contribution >= 0.6 is 0 Å². The van der Waals surface area contributed by atoms with Crippen molar-refractivity contribution in [1.82, 2.24) is 5.16 Å². The molecule has 2 heterocycles. The molecule has 5 rings (SSSR count). The van der Waals surface area contributed by atoms with Gasteiger partial charge in [-0.2, -0.15) is 0 Å². The third-order valence-corrected chi connectivity index (χ3v) is 5.98. The molecule has 1 aromatic heterocycles. The SMILES string of the molecule is COc1ccc([C@H]2CC(=O)C3=C(C2)Nc2onc(C)c2[C@H]3c2ccccc2)cc1. The van der Waals surface area contributed by atoms with E-state index in [1.54, 1.807) is 7.11 Å². The maximum absolute atomic E-state index is 13.4. The van der Waals surface area contributed by atoms with Gasteiger partial charge in [-0.25, -0.2) is 0 Å². The van der Waals surface area contributed by atoms with Crippen LogP contribution in [0.4, 0.5) is 5.88 Å². The van der Waals surface area contributed by atoms with Crippen LogP contribution in [0.2, 0.25) is 0 Å². The summed E-state index contributed by atoms with van der Waals surface area (Å²) in [5.74, 6) is 1.63. The highest BCUT2D eigenvalue weighted by molar-refractivity contribution is 6.01. The molecule has 29 heavy (non-hydrogen) atoms. The molecule has 1 N–H and O–H groups in total. The molecule has 3 aromatic rings. The van der Waals surface area contributed by atoms with Gasteiger partial charge in [-0.15, -0.1) is 0 Å². The number of ketones is 1. The fourth-order valence-corrected chi connectivity index (χ4v) is 4.56. The minimum absolute atomic E-state index is 0.127. The van der Waals surface area contributed by atoms with Crippen LogP contribution in [0, 0.1) is 6.92 Å². The van der Waals surface area contributed by atoms with Crippen molar-refractivity contribution in [2.45, 2.75) is 31.6 Å². The lowest BCUT2D eigenvalue weighted by atomic mass is 9.72. The molecule has 0 spiro atoms. The highest BCUT2D eigenvalue weighted by Gasteiger charge is 2.40. The van der Waals surface area contributed by atoms with Crippen LogP contribution in [0.3, 0.4) is 0 Å². The molecule has 0 fully saturated rings. The Morgan fingerprint density at radius 1 is 1.03 bits per heavy atom. The molecule has 146 valence electrons. The van der Waals surface area contributed by atoms with Gasteiger partial charge < -0.3 is 14.6 Å². The number of allylic oxidation sites excluding steroid dienone is 2. The number of hydrogen-bond acceptors (Lipinski definition) is 5. The number of anilines is 1. The summed E-state index contributed by atoms with van der Waals surface area (Å²) in [6.07, 6.45) is 1.26. The van der Waals surface area contributed by atoms with Gasteiger partial charge in [-0.3, -0.25) is 4.79 Å². The van der Waals surface area contributed by atoms with Crippen LogP contribution in [0.5, 0.6) is 5.75 Å². The van der Waals surface area contributed by atoms with Crippen molar-refractivity contribution in [3.63, 3.8) is 0 Å². The van der Waals surface area contributed by atoms with Crippen LogP contribution in [0.15, 0.2) is 70.4 Å². The first-order valence-corrected chi connectivity index (χ1v) is 9.84. The van der Waals surface area contributed by atoms with Gasteiger partial charge in [0.1, 0.15) is 5.75 Å². The van der Waals surface area contributed by atoms with E-state index < -0.39 is 0 Å². The molecule has 0 unspecified atom stereocenters. The Hall–Kier alpha value is -3.34. The molecular formula is C24H22N2O3. The van der Waals surface area contributed by atoms with E-state index in [4.69, 9.17) is 9.26 Å². The van der Waals surface area contributed by atoms with Crippen molar-refractivity contribution in [3.8, 4) is 5.75 Å². The van der Waals surface area contributed by atoms with Gasteiger partial charge in [0.2, 0.25) is 5.88 Å². The lowest BCUT2D eigenvalue weighted by Crippen LogP contribution is -2.29. The zero-order valence-corrected chi connectivity index (χ0v) is 16.4. The van der Waals surface area contributed by atoms with E-state index in [0.717, 1.165) is 45.8 Å². The van der Waals surface area contributed by atoms with Gasteiger partial charge in [0.15, 0.2) is 5.78 Å². The first-order valence-electron chi connectivity index (χ1n) is 9.84. The summed E-state index contributed by atoms with van der Waals surface area (Å²) in [7, 11) is 1.66. The fraction of sp³-hybridized carbons (Fsp3) is 0.250. The predicted octanol–water partition coefficient (Wildman–Crippen LogP) is 4.95. The number of rotatable bonds is 3. The molecule has 1 aliphatic heterocycles. The number of methoxy groups -OCH3 is 1. The summed E-state index contributed by atoms with van der Waals surface area (Å²) in [6, 6.07) is 18.1. The quantitative estimate of drug-likeness (QED) is 0.690. The fourth-order valence-electron chi connectivity index (χ4n) is 4.56. The zero-order valence-electron chi connectivity index (χ0n) is 16.4. The first-order chi connectivity index (χ1) is 14.2. The van der Waals surface area contributed by atoms with Crippen LogP contribution < -0.4 is 10.1 Å². The summed E-state index contributed by atoms with van der Waals surface area (Å²) in [6.45, 7) is 1.93. The predicted molar refractivity (Wildman–Crippen MR) is 110 cm³/mol. The summed E-state index contributed by atoms with van der Waals surface area (Å²) >= 11 is 0. The molecule has 0 amide bonds. The Bertz CT molecular complexity index is 1100. The summed E-state index contributed by atoms with van der Waals surface area (Å²) in [5.41, 5.74) is 5.80. The molecule has 0 radical (unpaired) electrons. The van der Waals surface area contributed by atoms with E-state index in [2.05, 4.69) is 22.6 Å². The average Bonchev–Trinajstić information content (AvgIpc) is 3.13. The van der Waals surface area contributed by atoms with E-state index in [-0.39, 0.29) is 17.6 Å². The second-order valence-electron chi connectivity index (χ2n) is 7.67. The Morgan fingerprint density at radius 3 is 2.52 bits per heavy atom. The molecule has 0 saturated carbocycles. The van der Waals surface area contributed by atoms with Crippen molar-refractivity contribution < 1.29 is 14.1 Å². The van der Waals surface area contributed by atoms with Crippen molar-refractivity contribution in [3.05, 3.63) is 88.3 Å². The Labute approximate surface area is 169 Å². The molecular weight excluding hydrogens is 364 g/mol. The summed E-state index contributed by atoms with van der Waals surface area (Å²) < 4.78 is 10.8. The Morgan fingerprint density at radius 2 is 1.79 bits per heavy atom. The van der Waals surface area contributed by atoms with Gasteiger partial charge in [0.05, 0.1) is 18.4 Å². The normalized spacial score (nSPS) is 20.7. The molecule has 0 bridgehead atoms. The minimum Gasteiger partial charge on any atom is -0.497 e. The van der Waals surface area contributed by atoms with E-state index in [0.29, 0.717) is 12.3 Å². The largest absolute Gasteiger partial charge is 0.497 e. The summed E-state index contributed by atoms with van der Waals surface area (Å²) in [5, 5.41) is 7.54. The summed E-state index contributed by atoms with van der Waals surface area (Å²) in [4.78, 5) is 13.4. The lowest BCUT2D eigenvalue weighted by Gasteiger charge is -2.34. The lowest BCUT2D eigenvalue weighted by molar-refractivity contribution is -0.116. The smallest absolute Gasteiger partial charge is 0.233 e. The maximum atomic E-state index is 13.4. The van der Waals surface area contributed by atoms with Crippen molar-refractivity contribution in [1.29, 1.82) is 0 Å². The number of ether oxygens (including phenoxy) is 1. The van der Waals surface area contributed by atoms with Crippen molar-refractivity contribution in [2.75, 3.05) is 12.4 Å². The van der Waals surface area contributed by atoms with Gasteiger partial charge in [-0.05, 0) is 42.5 Å². The molecule has 0 saturated heterocycles. The molecule has 5 heteroatoms. The molecule has 1 aliphatic carbocycles. The second kappa shape index (κ2) is 6.92. The maximum Gasteiger partial charge on any atom is 0.233 e. The Balaban J connectivity index is 1.57. The number of nitrogens with zero attached hydrogens (tertiary/aromatic N) is 1. The third kappa shape index (κ3) is 2.94. The number of carbonyl (C=O) groups is 1. The van der Waals surface area contributed by atoms with E-state index in [9.17, 15) is 4.79 Å². The molecule has 2 aliphatic rings. The number of benzene rings is 2. The van der Waals surface area contributed by atoms with Gasteiger partial charge >= 0.3 is 0 Å². The molecule has 2 aromatic carbocycles.